The fourth-order valence-corrected chi connectivity index (χ4v) is 1.93. The molecule has 0 saturated heterocycles. The van der Waals surface area contributed by atoms with Crippen LogP contribution in [0.5, 0.6) is 0 Å². The number of nitrogens with one attached hydrogen (secondary N) is 1. The van der Waals surface area contributed by atoms with Gasteiger partial charge in [-0.15, -0.1) is 0 Å². The zero-order valence-corrected chi connectivity index (χ0v) is 9.66. The molecule has 0 spiro atoms. The van der Waals surface area contributed by atoms with Gasteiger partial charge in [0, 0.05) is 19.6 Å². The summed E-state index contributed by atoms with van der Waals surface area (Å²) in [5.41, 5.74) is 5.11. The van der Waals surface area contributed by atoms with Crippen molar-refractivity contribution in [2.24, 2.45) is 11.7 Å². The van der Waals surface area contributed by atoms with Crippen molar-refractivity contribution in [1.29, 1.82) is 5.26 Å². The van der Waals surface area contributed by atoms with Gasteiger partial charge in [0.2, 0.25) is 5.91 Å². The third kappa shape index (κ3) is 3.47. The van der Waals surface area contributed by atoms with E-state index in [2.05, 4.69) is 11.4 Å². The molecular formula is C11H19N3O2. The van der Waals surface area contributed by atoms with Gasteiger partial charge in [-0.2, -0.15) is 5.26 Å². The third-order valence-corrected chi connectivity index (χ3v) is 3.08. The van der Waals surface area contributed by atoms with Crippen LogP contribution in [0.3, 0.4) is 0 Å². The SMILES string of the molecule is COCCNC(=O)C1CCC(N)(C#N)CC1. The number of rotatable bonds is 4. The third-order valence-electron chi connectivity index (χ3n) is 3.08. The lowest BCUT2D eigenvalue weighted by Crippen LogP contribution is -2.45. The van der Waals surface area contributed by atoms with Gasteiger partial charge in [-0.05, 0) is 25.7 Å². The van der Waals surface area contributed by atoms with Crippen LogP contribution < -0.4 is 11.1 Å². The molecule has 0 aromatic heterocycles. The molecule has 1 saturated carbocycles. The van der Waals surface area contributed by atoms with Crippen molar-refractivity contribution in [1.82, 2.24) is 5.32 Å². The average Bonchev–Trinajstić information content (AvgIpc) is 2.30. The highest BCUT2D eigenvalue weighted by molar-refractivity contribution is 5.78. The first kappa shape index (κ1) is 12.9. The molecule has 0 aliphatic heterocycles. The predicted molar refractivity (Wildman–Crippen MR) is 59.4 cm³/mol. The standard InChI is InChI=1S/C11H19N3O2/c1-16-7-6-14-10(15)9-2-4-11(13,8-12)5-3-9/h9H,2-7,13H2,1H3,(H,14,15). The molecule has 0 unspecified atom stereocenters. The Labute approximate surface area is 95.9 Å². The minimum absolute atomic E-state index is 0.00174. The first-order valence-corrected chi connectivity index (χ1v) is 5.58. The average molecular weight is 225 g/mol. The minimum atomic E-state index is -0.719. The van der Waals surface area contributed by atoms with E-state index in [0.717, 1.165) is 0 Å². The lowest BCUT2D eigenvalue weighted by atomic mass is 9.77. The smallest absolute Gasteiger partial charge is 0.223 e. The number of amides is 1. The van der Waals surface area contributed by atoms with Crippen LogP contribution in [0.15, 0.2) is 0 Å². The molecule has 0 aromatic carbocycles. The largest absolute Gasteiger partial charge is 0.383 e. The van der Waals surface area contributed by atoms with Crippen LogP contribution in [0.1, 0.15) is 25.7 Å². The Hall–Kier alpha value is -1.12. The predicted octanol–water partition coefficient (Wildman–Crippen LogP) is 0.160. The maximum atomic E-state index is 11.7. The zero-order chi connectivity index (χ0) is 12.0. The van der Waals surface area contributed by atoms with E-state index in [0.29, 0.717) is 38.8 Å². The van der Waals surface area contributed by atoms with Crippen molar-refractivity contribution >= 4 is 5.91 Å². The first-order chi connectivity index (χ1) is 7.61. The summed E-state index contributed by atoms with van der Waals surface area (Å²) in [5.74, 6) is 0.0546. The quantitative estimate of drug-likeness (QED) is 0.667. The Morgan fingerprint density at radius 3 is 2.75 bits per heavy atom. The van der Waals surface area contributed by atoms with E-state index in [-0.39, 0.29) is 11.8 Å². The van der Waals surface area contributed by atoms with E-state index in [4.69, 9.17) is 15.7 Å². The highest BCUT2D eigenvalue weighted by atomic mass is 16.5. The van der Waals surface area contributed by atoms with Gasteiger partial charge < -0.3 is 15.8 Å². The Kier molecular flexibility index (Phi) is 4.71. The summed E-state index contributed by atoms with van der Waals surface area (Å²) < 4.78 is 4.85. The lowest BCUT2D eigenvalue weighted by molar-refractivity contribution is -0.126. The van der Waals surface area contributed by atoms with E-state index in [1.165, 1.54) is 0 Å². The fraction of sp³-hybridized carbons (Fsp3) is 0.818. The van der Waals surface area contributed by atoms with Gasteiger partial charge in [0.15, 0.2) is 0 Å². The highest BCUT2D eigenvalue weighted by Gasteiger charge is 2.34. The van der Waals surface area contributed by atoms with E-state index in [9.17, 15) is 4.79 Å². The Morgan fingerprint density at radius 2 is 2.25 bits per heavy atom. The molecule has 0 heterocycles. The van der Waals surface area contributed by atoms with Crippen molar-refractivity contribution < 1.29 is 9.53 Å². The molecule has 1 aliphatic rings. The molecule has 90 valence electrons. The van der Waals surface area contributed by atoms with Gasteiger partial charge in [-0.3, -0.25) is 4.79 Å². The van der Waals surface area contributed by atoms with Crippen LogP contribution in [-0.2, 0) is 9.53 Å². The van der Waals surface area contributed by atoms with Gasteiger partial charge in [0.25, 0.3) is 0 Å². The van der Waals surface area contributed by atoms with Gasteiger partial charge in [-0.25, -0.2) is 0 Å². The topological polar surface area (TPSA) is 88.1 Å². The molecule has 1 aliphatic carbocycles. The maximum Gasteiger partial charge on any atom is 0.223 e. The lowest BCUT2D eigenvalue weighted by Gasteiger charge is -2.30. The number of hydrogen-bond donors (Lipinski definition) is 2. The Bertz CT molecular complexity index is 277. The summed E-state index contributed by atoms with van der Waals surface area (Å²) >= 11 is 0. The van der Waals surface area contributed by atoms with Crippen molar-refractivity contribution in [3.05, 3.63) is 0 Å². The Morgan fingerprint density at radius 1 is 1.62 bits per heavy atom. The number of carbonyl (C=O) groups is 1. The maximum absolute atomic E-state index is 11.7. The number of nitrogens with two attached hydrogens (primary N) is 1. The molecule has 0 atom stereocenters. The zero-order valence-electron chi connectivity index (χ0n) is 9.66. The van der Waals surface area contributed by atoms with Crippen LogP contribution in [0.2, 0.25) is 0 Å². The first-order valence-electron chi connectivity index (χ1n) is 5.58. The molecular weight excluding hydrogens is 206 g/mol. The van der Waals surface area contributed by atoms with Crippen molar-refractivity contribution in [2.45, 2.75) is 31.2 Å². The molecule has 5 nitrogen and oxygen atoms in total. The van der Waals surface area contributed by atoms with Crippen LogP contribution in [-0.4, -0.2) is 31.7 Å². The van der Waals surface area contributed by atoms with E-state index < -0.39 is 5.54 Å². The van der Waals surface area contributed by atoms with Crippen LogP contribution in [0, 0.1) is 17.2 Å². The van der Waals surface area contributed by atoms with Crippen LogP contribution >= 0.6 is 0 Å². The van der Waals surface area contributed by atoms with Gasteiger partial charge in [0.1, 0.15) is 5.54 Å². The summed E-state index contributed by atoms with van der Waals surface area (Å²) in [5, 5.41) is 11.7. The molecule has 5 heteroatoms. The van der Waals surface area contributed by atoms with Gasteiger partial charge in [-0.1, -0.05) is 0 Å². The fourth-order valence-electron chi connectivity index (χ4n) is 1.93. The molecule has 0 aromatic rings. The molecule has 0 bridgehead atoms. The molecule has 16 heavy (non-hydrogen) atoms. The molecule has 0 radical (unpaired) electrons. The summed E-state index contributed by atoms with van der Waals surface area (Å²) in [6, 6.07) is 2.12. The van der Waals surface area contributed by atoms with E-state index >= 15 is 0 Å². The van der Waals surface area contributed by atoms with Crippen molar-refractivity contribution in [2.75, 3.05) is 20.3 Å². The van der Waals surface area contributed by atoms with Crippen molar-refractivity contribution in [3.8, 4) is 6.07 Å². The Balaban J connectivity index is 2.31. The number of ether oxygens (including phenoxy) is 1. The van der Waals surface area contributed by atoms with E-state index in [1.54, 1.807) is 7.11 Å². The second-order valence-corrected chi connectivity index (χ2v) is 4.33. The summed E-state index contributed by atoms with van der Waals surface area (Å²) in [4.78, 5) is 11.7. The summed E-state index contributed by atoms with van der Waals surface area (Å²) in [6.07, 6.45) is 2.60. The summed E-state index contributed by atoms with van der Waals surface area (Å²) in [6.45, 7) is 1.06. The number of carbonyl (C=O) groups excluding carboxylic acids is 1. The van der Waals surface area contributed by atoms with Crippen LogP contribution in [0.25, 0.3) is 0 Å². The van der Waals surface area contributed by atoms with Crippen LogP contribution in [0.4, 0.5) is 0 Å². The molecule has 3 N–H and O–H groups in total. The molecule has 1 fully saturated rings. The normalized spacial score (nSPS) is 29.4. The number of methoxy groups -OCH3 is 1. The number of nitriles is 1. The second kappa shape index (κ2) is 5.83. The van der Waals surface area contributed by atoms with E-state index in [1.807, 2.05) is 0 Å². The highest BCUT2D eigenvalue weighted by Crippen LogP contribution is 2.29. The van der Waals surface area contributed by atoms with Gasteiger partial charge >= 0.3 is 0 Å². The number of nitrogens with zero attached hydrogens (tertiary/aromatic N) is 1. The monoisotopic (exact) mass is 225 g/mol. The molecule has 1 amide bonds. The van der Waals surface area contributed by atoms with Crippen molar-refractivity contribution in [3.63, 3.8) is 0 Å². The molecule has 1 rings (SSSR count). The minimum Gasteiger partial charge on any atom is -0.383 e. The second-order valence-electron chi connectivity index (χ2n) is 4.33. The van der Waals surface area contributed by atoms with Gasteiger partial charge in [0.05, 0.1) is 12.7 Å². The number of hydrogen-bond acceptors (Lipinski definition) is 4. The summed E-state index contributed by atoms with van der Waals surface area (Å²) in [7, 11) is 1.60.